The zero-order valence-corrected chi connectivity index (χ0v) is 34.3. The first-order valence-electron chi connectivity index (χ1n) is 20.1. The van der Waals surface area contributed by atoms with E-state index in [0.29, 0.717) is 54.0 Å². The fourth-order valence-corrected chi connectivity index (χ4v) is 9.64. The van der Waals surface area contributed by atoms with Gasteiger partial charge in [0.25, 0.3) is 5.91 Å². The van der Waals surface area contributed by atoms with Gasteiger partial charge in [-0.15, -0.1) is 0 Å². The van der Waals surface area contributed by atoms with Crippen molar-refractivity contribution in [3.05, 3.63) is 23.9 Å². The molecular weight excluding hydrogens is 741 g/mol. The van der Waals surface area contributed by atoms with E-state index in [1.54, 1.807) is 27.0 Å². The number of aromatic nitrogens is 2. The second-order valence-electron chi connectivity index (χ2n) is 17.9. The molecule has 4 fully saturated rings. The largest absolute Gasteiger partial charge is 0.497 e. The van der Waals surface area contributed by atoms with Gasteiger partial charge in [-0.25, -0.2) is 23.2 Å². The number of carbonyl (C=O) groups is 4. The van der Waals surface area contributed by atoms with Crippen molar-refractivity contribution in [2.24, 2.45) is 23.2 Å². The maximum Gasteiger partial charge on any atom is 0.408 e. The average molecular weight is 797 g/mol. The summed E-state index contributed by atoms with van der Waals surface area (Å²) in [6.45, 7) is 10.7. The normalized spacial score (nSPS) is 31.6. The first-order chi connectivity index (χ1) is 26.4. The van der Waals surface area contributed by atoms with Crippen molar-refractivity contribution in [1.29, 1.82) is 0 Å². The number of aryl methyl sites for hydroxylation is 1. The highest BCUT2D eigenvalue weighted by Gasteiger charge is 2.63. The minimum atomic E-state index is -3.97. The molecule has 2 aromatic rings. The predicted molar refractivity (Wildman–Crippen MR) is 206 cm³/mol. The molecule has 4 amide bonds. The summed E-state index contributed by atoms with van der Waals surface area (Å²) in [7, 11) is -2.40. The number of nitrogens with one attached hydrogen (secondary N) is 3. The monoisotopic (exact) mass is 796 g/mol. The van der Waals surface area contributed by atoms with Gasteiger partial charge in [0.05, 0.1) is 29.4 Å². The Morgan fingerprint density at radius 2 is 1.80 bits per heavy atom. The summed E-state index contributed by atoms with van der Waals surface area (Å²) in [6, 6.07) is 3.25. The summed E-state index contributed by atoms with van der Waals surface area (Å²) in [5, 5.41) is 5.74. The second kappa shape index (κ2) is 14.6. The number of carbonyl (C=O) groups excluding carboxylic acids is 4. The molecule has 3 heterocycles. The minimum absolute atomic E-state index is 0.0256. The van der Waals surface area contributed by atoms with Gasteiger partial charge in [0.1, 0.15) is 41.3 Å². The van der Waals surface area contributed by atoms with Crippen molar-refractivity contribution in [2.45, 2.75) is 140 Å². The van der Waals surface area contributed by atoms with Crippen LogP contribution in [0.1, 0.15) is 105 Å². The lowest BCUT2D eigenvalue weighted by Gasteiger charge is -2.36. The molecule has 0 radical (unpaired) electrons. The smallest absolute Gasteiger partial charge is 0.408 e. The molecule has 1 aromatic heterocycles. The number of methoxy groups -OCH3 is 1. The molecule has 3 N–H and O–H groups in total. The van der Waals surface area contributed by atoms with E-state index in [-0.39, 0.29) is 30.9 Å². The zero-order valence-electron chi connectivity index (χ0n) is 33.5. The maximum absolute atomic E-state index is 14.9. The van der Waals surface area contributed by atoms with Crippen LogP contribution in [0.4, 0.5) is 4.79 Å². The molecule has 8 atom stereocenters. The predicted octanol–water partition coefficient (Wildman–Crippen LogP) is 4.16. The first-order valence-corrected chi connectivity index (χ1v) is 21.6. The molecule has 1 saturated heterocycles. The summed E-state index contributed by atoms with van der Waals surface area (Å²) in [5.41, 5.74) is -0.346. The van der Waals surface area contributed by atoms with Crippen molar-refractivity contribution in [2.75, 3.05) is 13.7 Å². The summed E-state index contributed by atoms with van der Waals surface area (Å²) in [5.74, 6) is -1.67. The number of benzene rings is 1. The number of ether oxygens (including phenoxy) is 3. The molecule has 306 valence electrons. The Balaban J connectivity index is 1.25. The van der Waals surface area contributed by atoms with Crippen LogP contribution < -0.4 is 24.8 Å². The van der Waals surface area contributed by atoms with Gasteiger partial charge in [-0.3, -0.25) is 19.1 Å². The Morgan fingerprint density at radius 1 is 1.07 bits per heavy atom. The van der Waals surface area contributed by atoms with Crippen LogP contribution in [0.25, 0.3) is 11.0 Å². The number of hydrogen-bond donors (Lipinski definition) is 3. The second-order valence-corrected chi connectivity index (χ2v) is 20.1. The lowest BCUT2D eigenvalue weighted by atomic mass is 9.85. The highest BCUT2D eigenvalue weighted by Crippen LogP contribution is 2.47. The van der Waals surface area contributed by atoms with E-state index in [2.05, 4.69) is 15.4 Å². The molecule has 3 aliphatic carbocycles. The third-order valence-electron chi connectivity index (χ3n) is 12.7. The number of fused-ring (bicyclic) bond motifs is 5. The lowest BCUT2D eigenvalue weighted by molar-refractivity contribution is -0.143. The Morgan fingerprint density at radius 3 is 2.45 bits per heavy atom. The molecule has 2 aliphatic heterocycles. The average Bonchev–Trinajstić information content (AvgIpc) is 4.09. The van der Waals surface area contributed by atoms with Gasteiger partial charge >= 0.3 is 6.09 Å². The number of rotatable bonds is 7. The summed E-state index contributed by atoms with van der Waals surface area (Å²) >= 11 is 0. The lowest BCUT2D eigenvalue weighted by Crippen LogP contribution is -2.61. The Hall–Kier alpha value is -4.21. The van der Waals surface area contributed by atoms with Crippen molar-refractivity contribution in [3.8, 4) is 11.6 Å². The van der Waals surface area contributed by atoms with Gasteiger partial charge in [0.2, 0.25) is 27.7 Å². The van der Waals surface area contributed by atoms with Crippen LogP contribution in [0, 0.1) is 23.2 Å². The van der Waals surface area contributed by atoms with Crippen molar-refractivity contribution < 1.29 is 41.8 Å². The number of sulfonamides is 1. The van der Waals surface area contributed by atoms with E-state index in [4.69, 9.17) is 24.2 Å². The summed E-state index contributed by atoms with van der Waals surface area (Å²) in [6.07, 6.45) is 4.87. The fourth-order valence-electron chi connectivity index (χ4n) is 8.33. The van der Waals surface area contributed by atoms with Crippen molar-refractivity contribution in [1.82, 2.24) is 30.2 Å². The van der Waals surface area contributed by atoms with Crippen LogP contribution in [-0.2, 0) is 35.6 Å². The molecule has 15 nitrogen and oxygen atoms in total. The van der Waals surface area contributed by atoms with Crippen LogP contribution in [0.15, 0.2) is 18.2 Å². The fraction of sp³-hybridized carbons (Fsp3) is 0.700. The molecule has 3 saturated carbocycles. The molecular formula is C40H56N6O9S. The van der Waals surface area contributed by atoms with E-state index in [1.807, 2.05) is 39.8 Å². The van der Waals surface area contributed by atoms with E-state index in [0.717, 1.165) is 32.1 Å². The van der Waals surface area contributed by atoms with E-state index in [1.165, 1.54) is 4.90 Å². The standard InChI is InChI=1S/C40H56N6O9S/c1-8-25-30-21-46(31(25)33(47)44-40(20-22(40)2)36(49)45-56(51,52)39(6)16-17-39)35(48)32(38(3,4)5)43-37(50)55-29-18-23(29)12-10-9-11-13-27-34(54-30)42-28-19-24(53-7)14-15-26(28)41-27/h14-15,19,22-23,25,29-32H,8-13,16-18,20-21H2,1-7H3,(H,43,50)(H,44,47)(H,45,49)/t22-,23-,25-,29-,30+,31+,32?,40-/m1/s1. The van der Waals surface area contributed by atoms with Crippen LogP contribution in [0.5, 0.6) is 11.6 Å². The molecule has 1 unspecified atom stereocenters. The van der Waals surface area contributed by atoms with Crippen LogP contribution in [-0.4, -0.2) is 95.3 Å². The Kier molecular flexibility index (Phi) is 10.4. The number of amides is 4. The van der Waals surface area contributed by atoms with Crippen LogP contribution >= 0.6 is 0 Å². The third-order valence-corrected chi connectivity index (χ3v) is 14.8. The molecule has 7 rings (SSSR count). The first kappa shape index (κ1) is 40.0. The highest BCUT2D eigenvalue weighted by atomic mass is 32.2. The minimum Gasteiger partial charge on any atom is -0.497 e. The summed E-state index contributed by atoms with van der Waals surface area (Å²) < 4.78 is 45.4. The molecule has 5 aliphatic rings. The van der Waals surface area contributed by atoms with Gasteiger partial charge in [-0.05, 0) is 87.7 Å². The van der Waals surface area contributed by atoms with Crippen LogP contribution in [0.3, 0.4) is 0 Å². The van der Waals surface area contributed by atoms with Gasteiger partial charge in [0.15, 0.2) is 0 Å². The molecule has 0 spiro atoms. The third kappa shape index (κ3) is 7.73. The molecule has 2 bridgehead atoms. The van der Waals surface area contributed by atoms with E-state index >= 15 is 0 Å². The molecule has 1 aromatic carbocycles. The maximum atomic E-state index is 14.9. The Labute approximate surface area is 328 Å². The van der Waals surface area contributed by atoms with Gasteiger partial charge in [0, 0.05) is 12.0 Å². The molecule has 16 heteroatoms. The van der Waals surface area contributed by atoms with Gasteiger partial charge in [-0.2, -0.15) is 0 Å². The van der Waals surface area contributed by atoms with Gasteiger partial charge in [-0.1, -0.05) is 47.5 Å². The van der Waals surface area contributed by atoms with Gasteiger partial charge < -0.3 is 29.7 Å². The summed E-state index contributed by atoms with van der Waals surface area (Å²) in [4.78, 5) is 67.9. The van der Waals surface area contributed by atoms with Crippen molar-refractivity contribution in [3.63, 3.8) is 0 Å². The topological polar surface area (TPSA) is 195 Å². The van der Waals surface area contributed by atoms with Crippen molar-refractivity contribution >= 4 is 44.9 Å². The number of nitrogens with zero attached hydrogens (tertiary/aromatic N) is 3. The zero-order chi connectivity index (χ0) is 40.4. The van der Waals surface area contributed by atoms with E-state index < -0.39 is 73.6 Å². The quantitative estimate of drug-likeness (QED) is 0.364. The number of alkyl carbamates (subject to hydrolysis) is 1. The van der Waals surface area contributed by atoms with Crippen LogP contribution in [0.2, 0.25) is 0 Å². The molecule has 56 heavy (non-hydrogen) atoms. The number of hydrogen-bond acceptors (Lipinski definition) is 11. The Bertz CT molecular complexity index is 2020. The van der Waals surface area contributed by atoms with E-state index in [9.17, 15) is 27.6 Å². The highest BCUT2D eigenvalue weighted by molar-refractivity contribution is 7.91. The SMILES string of the molecule is CC[C@@H]1[C@@H]2CN(C(=O)C(C(C)(C)C)NC(=O)O[C@@H]3C[C@H]3CCCCCc3nc4ccc(OC)cc4nc3O2)[C@@H]1C(=O)N[C@]1(C(=O)NS(=O)(=O)C2(C)CC2)C[C@H]1C.